The van der Waals surface area contributed by atoms with Crippen molar-refractivity contribution in [2.75, 3.05) is 13.1 Å². The Morgan fingerprint density at radius 2 is 1.84 bits per heavy atom. The molecule has 0 bridgehead atoms. The summed E-state index contributed by atoms with van der Waals surface area (Å²) >= 11 is 0. The molecule has 0 radical (unpaired) electrons. The lowest BCUT2D eigenvalue weighted by molar-refractivity contribution is 0.0171. The first-order valence-corrected chi connectivity index (χ1v) is 9.62. The van der Waals surface area contributed by atoms with Gasteiger partial charge in [0.25, 0.3) is 0 Å². The van der Waals surface area contributed by atoms with Crippen molar-refractivity contribution in [2.45, 2.75) is 70.6 Å². The summed E-state index contributed by atoms with van der Waals surface area (Å²) in [7, 11) is 0. The van der Waals surface area contributed by atoms with Crippen LogP contribution < -0.4 is 5.32 Å². The van der Waals surface area contributed by atoms with Crippen LogP contribution in [0.1, 0.15) is 58.4 Å². The van der Waals surface area contributed by atoms with Gasteiger partial charge in [0.15, 0.2) is 0 Å². The van der Waals surface area contributed by atoms with E-state index in [1.807, 2.05) is 25.7 Å². The van der Waals surface area contributed by atoms with E-state index < -0.39 is 5.60 Å². The number of nitrogens with zero attached hydrogens (tertiary/aromatic N) is 1. The van der Waals surface area contributed by atoms with Crippen LogP contribution in [0.3, 0.4) is 0 Å². The zero-order chi connectivity index (χ0) is 18.0. The van der Waals surface area contributed by atoms with E-state index in [0.29, 0.717) is 23.9 Å². The fourth-order valence-electron chi connectivity index (χ4n) is 3.83. The number of likely N-dealkylation sites (tertiary alicyclic amines) is 1. The van der Waals surface area contributed by atoms with E-state index in [0.717, 1.165) is 25.9 Å². The number of carbonyl (C=O) groups is 1. The first kappa shape index (κ1) is 18.2. The molecular weight excluding hydrogens is 312 g/mol. The van der Waals surface area contributed by atoms with Crippen LogP contribution in [0.5, 0.6) is 0 Å². The third-order valence-electron chi connectivity index (χ3n) is 5.39. The lowest BCUT2D eigenvalue weighted by Crippen LogP contribution is -2.46. The highest BCUT2D eigenvalue weighted by atomic mass is 16.6. The number of hydrogen-bond acceptors (Lipinski definition) is 3. The Morgan fingerprint density at radius 3 is 2.44 bits per heavy atom. The molecular formula is C21H32N2O2. The summed E-state index contributed by atoms with van der Waals surface area (Å²) in [4.78, 5) is 14.0. The van der Waals surface area contributed by atoms with Gasteiger partial charge in [-0.25, -0.2) is 4.79 Å². The van der Waals surface area contributed by atoms with E-state index in [1.54, 1.807) is 0 Å². The third kappa shape index (κ3) is 4.97. The lowest BCUT2D eigenvalue weighted by atomic mass is 9.90. The van der Waals surface area contributed by atoms with E-state index in [1.165, 1.54) is 12.0 Å². The average Bonchev–Trinajstić information content (AvgIpc) is 3.33. The van der Waals surface area contributed by atoms with E-state index in [-0.39, 0.29) is 6.09 Å². The number of ether oxygens (including phenoxy) is 1. The van der Waals surface area contributed by atoms with Crippen molar-refractivity contribution in [1.29, 1.82) is 0 Å². The Hall–Kier alpha value is -1.55. The largest absolute Gasteiger partial charge is 0.444 e. The fraction of sp³-hybridized carbons (Fsp3) is 0.667. The summed E-state index contributed by atoms with van der Waals surface area (Å²) < 4.78 is 5.48. The molecule has 1 aliphatic heterocycles. The van der Waals surface area contributed by atoms with Gasteiger partial charge in [-0.05, 0) is 58.4 Å². The van der Waals surface area contributed by atoms with Crippen molar-refractivity contribution in [2.24, 2.45) is 5.92 Å². The van der Waals surface area contributed by atoms with Crippen molar-refractivity contribution < 1.29 is 9.53 Å². The zero-order valence-electron chi connectivity index (χ0n) is 16.0. The molecule has 25 heavy (non-hydrogen) atoms. The van der Waals surface area contributed by atoms with Crippen LogP contribution in [-0.2, 0) is 4.74 Å². The molecule has 138 valence electrons. The quantitative estimate of drug-likeness (QED) is 0.891. The Morgan fingerprint density at radius 1 is 1.20 bits per heavy atom. The number of nitrogens with one attached hydrogen (secondary N) is 1. The molecule has 1 N–H and O–H groups in total. The standard InChI is InChI=1S/C21H32N2O2/c1-15(22-19-14-18(19)17-8-6-5-7-9-17)16-10-12-23(13-11-16)20(24)25-21(2,3)4/h5-9,15-16,18-19,22H,10-14H2,1-4H3/t15?,18?,19-/m0/s1. The van der Waals surface area contributed by atoms with Crippen LogP contribution in [0.4, 0.5) is 4.79 Å². The number of benzene rings is 1. The molecule has 1 amide bonds. The summed E-state index contributed by atoms with van der Waals surface area (Å²) in [5.74, 6) is 1.31. The van der Waals surface area contributed by atoms with Crippen LogP contribution >= 0.6 is 0 Å². The first-order valence-electron chi connectivity index (χ1n) is 9.62. The first-order chi connectivity index (χ1) is 11.8. The fourth-order valence-corrected chi connectivity index (χ4v) is 3.83. The van der Waals surface area contributed by atoms with Crippen LogP contribution in [0.25, 0.3) is 0 Å². The van der Waals surface area contributed by atoms with Gasteiger partial charge in [-0.1, -0.05) is 30.3 Å². The number of piperidine rings is 1. The number of hydrogen-bond donors (Lipinski definition) is 1. The Balaban J connectivity index is 1.42. The second-order valence-electron chi connectivity index (χ2n) is 8.62. The Kier molecular flexibility index (Phi) is 5.38. The molecule has 1 aliphatic carbocycles. The molecule has 0 spiro atoms. The van der Waals surface area contributed by atoms with E-state index in [9.17, 15) is 4.79 Å². The van der Waals surface area contributed by atoms with Gasteiger partial charge in [-0.2, -0.15) is 0 Å². The Labute approximate surface area is 151 Å². The maximum Gasteiger partial charge on any atom is 0.410 e. The summed E-state index contributed by atoms with van der Waals surface area (Å²) in [6.07, 6.45) is 3.18. The highest BCUT2D eigenvalue weighted by Gasteiger charge is 2.40. The predicted octanol–water partition coefficient (Wildman–Crippen LogP) is 4.17. The second kappa shape index (κ2) is 7.36. The monoisotopic (exact) mass is 344 g/mol. The average molecular weight is 344 g/mol. The minimum absolute atomic E-state index is 0.169. The van der Waals surface area contributed by atoms with Crippen molar-refractivity contribution in [3.63, 3.8) is 0 Å². The van der Waals surface area contributed by atoms with Crippen LogP contribution in [0.2, 0.25) is 0 Å². The molecule has 1 saturated carbocycles. The summed E-state index contributed by atoms with van der Waals surface area (Å²) in [6.45, 7) is 9.66. The summed E-state index contributed by atoms with van der Waals surface area (Å²) in [5.41, 5.74) is 1.04. The Bertz CT molecular complexity index is 573. The molecule has 2 fully saturated rings. The molecule has 4 nitrogen and oxygen atoms in total. The van der Waals surface area contributed by atoms with Crippen molar-refractivity contribution in [1.82, 2.24) is 10.2 Å². The SMILES string of the molecule is CC(N[C@H]1CC1c1ccccc1)C1CCN(C(=O)OC(C)(C)C)CC1. The highest BCUT2D eigenvalue weighted by molar-refractivity contribution is 5.68. The summed E-state index contributed by atoms with van der Waals surface area (Å²) in [6, 6.07) is 11.9. The third-order valence-corrected chi connectivity index (χ3v) is 5.39. The van der Waals surface area contributed by atoms with E-state index in [2.05, 4.69) is 42.6 Å². The van der Waals surface area contributed by atoms with Crippen LogP contribution in [0, 0.1) is 5.92 Å². The predicted molar refractivity (Wildman–Crippen MR) is 101 cm³/mol. The van der Waals surface area contributed by atoms with Crippen molar-refractivity contribution >= 4 is 6.09 Å². The lowest BCUT2D eigenvalue weighted by Gasteiger charge is -2.36. The highest BCUT2D eigenvalue weighted by Crippen LogP contribution is 2.41. The molecule has 2 unspecified atom stereocenters. The van der Waals surface area contributed by atoms with Gasteiger partial charge in [0.1, 0.15) is 5.60 Å². The maximum absolute atomic E-state index is 12.2. The number of carbonyl (C=O) groups excluding carboxylic acids is 1. The molecule has 1 aromatic carbocycles. The van der Waals surface area contributed by atoms with Gasteiger partial charge < -0.3 is 15.0 Å². The van der Waals surface area contributed by atoms with Crippen LogP contribution in [0.15, 0.2) is 30.3 Å². The smallest absolute Gasteiger partial charge is 0.410 e. The molecule has 1 saturated heterocycles. The molecule has 2 aliphatic rings. The molecule has 0 aromatic heterocycles. The molecule has 1 aromatic rings. The minimum Gasteiger partial charge on any atom is -0.444 e. The van der Waals surface area contributed by atoms with Crippen molar-refractivity contribution in [3.8, 4) is 0 Å². The van der Waals surface area contributed by atoms with Gasteiger partial charge in [-0.3, -0.25) is 0 Å². The summed E-state index contributed by atoms with van der Waals surface area (Å²) in [5, 5.41) is 3.82. The second-order valence-corrected chi connectivity index (χ2v) is 8.62. The van der Waals surface area contributed by atoms with Gasteiger partial charge >= 0.3 is 6.09 Å². The van der Waals surface area contributed by atoms with Crippen LogP contribution in [-0.4, -0.2) is 41.8 Å². The molecule has 4 heteroatoms. The number of amides is 1. The zero-order valence-corrected chi connectivity index (χ0v) is 16.0. The van der Waals surface area contributed by atoms with E-state index >= 15 is 0 Å². The van der Waals surface area contributed by atoms with Gasteiger partial charge in [0, 0.05) is 31.1 Å². The van der Waals surface area contributed by atoms with E-state index in [4.69, 9.17) is 4.74 Å². The normalized spacial score (nSPS) is 25.5. The molecule has 3 atom stereocenters. The van der Waals surface area contributed by atoms with Gasteiger partial charge in [0.05, 0.1) is 0 Å². The number of rotatable bonds is 4. The van der Waals surface area contributed by atoms with Gasteiger partial charge in [0.2, 0.25) is 0 Å². The minimum atomic E-state index is -0.415. The van der Waals surface area contributed by atoms with Gasteiger partial charge in [-0.15, -0.1) is 0 Å². The molecule has 3 rings (SSSR count). The maximum atomic E-state index is 12.2. The topological polar surface area (TPSA) is 41.6 Å². The molecule has 1 heterocycles. The van der Waals surface area contributed by atoms with Crippen molar-refractivity contribution in [3.05, 3.63) is 35.9 Å².